The molecule has 9 rings (SSSR count). The number of benzene rings is 5. The normalized spacial score (nSPS) is 11.8. The van der Waals surface area contributed by atoms with E-state index in [1.165, 1.54) is 33.7 Å². The molecule has 0 radical (unpaired) electrons. The second-order valence-corrected chi connectivity index (χ2v) is 13.0. The van der Waals surface area contributed by atoms with Crippen LogP contribution in [0.25, 0.3) is 68.2 Å². The van der Waals surface area contributed by atoms with Crippen molar-refractivity contribution in [2.75, 3.05) is 14.2 Å². The van der Waals surface area contributed by atoms with Gasteiger partial charge >= 0.3 is 0 Å². The van der Waals surface area contributed by atoms with Gasteiger partial charge in [-0.3, -0.25) is 19.2 Å². The molecule has 14 nitrogen and oxygen atoms in total. The third kappa shape index (κ3) is 6.20. The van der Waals surface area contributed by atoms with E-state index in [1.54, 1.807) is 87.0 Å². The number of carbonyl (C=O) groups excluding carboxylic acids is 2. The molecule has 0 spiro atoms. The third-order valence-corrected chi connectivity index (χ3v) is 9.49. The highest BCUT2D eigenvalue weighted by Crippen LogP contribution is 2.28. The molecule has 58 heavy (non-hydrogen) atoms. The van der Waals surface area contributed by atoms with Gasteiger partial charge in [-0.15, -0.1) is 0 Å². The predicted octanol–water partition coefficient (Wildman–Crippen LogP) is 7.61. The summed E-state index contributed by atoms with van der Waals surface area (Å²) in [6, 6.07) is 31.4. The monoisotopic (exact) mass is 770 g/mol. The molecule has 0 saturated carbocycles. The number of hydrogen-bond acceptors (Lipinski definition) is 10. The number of nitrogens with one attached hydrogen (secondary N) is 2. The first-order valence-electron chi connectivity index (χ1n) is 17.9. The van der Waals surface area contributed by atoms with Crippen LogP contribution in [-0.2, 0) is 0 Å². The van der Waals surface area contributed by atoms with Gasteiger partial charge in [0.2, 0.25) is 22.6 Å². The molecule has 9 aromatic rings. The van der Waals surface area contributed by atoms with Crippen LogP contribution >= 0.6 is 0 Å². The van der Waals surface area contributed by atoms with E-state index in [0.29, 0.717) is 34.0 Å². The molecular weight excluding hydrogens is 741 g/mol. The number of para-hydroxylation sites is 2. The van der Waals surface area contributed by atoms with Gasteiger partial charge in [-0.05, 0) is 97.1 Å². The molecule has 0 saturated heterocycles. The molecule has 0 unspecified atom stereocenters. The summed E-state index contributed by atoms with van der Waals surface area (Å²) in [5.74, 6) is 0.624. The minimum atomic E-state index is -0.683. The summed E-state index contributed by atoms with van der Waals surface area (Å²) in [7, 11) is 3.08. The highest BCUT2D eigenvalue weighted by atomic mass is 16.5. The summed E-state index contributed by atoms with van der Waals surface area (Å²) in [5, 5.41) is 9.41. The third-order valence-electron chi connectivity index (χ3n) is 9.49. The smallest absolute Gasteiger partial charge is 0.250 e. The van der Waals surface area contributed by atoms with E-state index >= 15 is 0 Å². The zero-order valence-corrected chi connectivity index (χ0v) is 30.8. The number of H-pyrrole nitrogens is 2. The van der Waals surface area contributed by atoms with Crippen molar-refractivity contribution in [1.82, 2.24) is 29.5 Å². The van der Waals surface area contributed by atoms with Crippen LogP contribution in [0.5, 0.6) is 11.5 Å². The Morgan fingerprint density at radius 2 is 0.931 bits per heavy atom. The Hall–Kier alpha value is -8.26. The van der Waals surface area contributed by atoms with Crippen LogP contribution in [0.15, 0.2) is 140 Å². The molecule has 5 aromatic carbocycles. The number of rotatable bonds is 10. The van der Waals surface area contributed by atoms with Crippen LogP contribution in [0.1, 0.15) is 32.1 Å². The fraction of sp³-hybridized carbons (Fsp3) is 0.0455. The summed E-state index contributed by atoms with van der Waals surface area (Å²) in [6.45, 7) is 0. The molecule has 2 N–H and O–H groups in total. The Kier molecular flexibility index (Phi) is 8.82. The number of fused-ring (bicyclic) bond motifs is 4. The number of hydrogen-bond donors (Lipinski definition) is 2. The molecule has 0 fully saturated rings. The van der Waals surface area contributed by atoms with E-state index in [9.17, 15) is 19.2 Å². The Morgan fingerprint density at radius 3 is 1.29 bits per heavy atom. The lowest BCUT2D eigenvalue weighted by Crippen LogP contribution is -2.16. The molecule has 0 amide bonds. The zero-order valence-electron chi connectivity index (χ0n) is 30.8. The number of allylic oxidation sites excluding steroid dienone is 2. The Morgan fingerprint density at radius 1 is 0.552 bits per heavy atom. The minimum Gasteiger partial charge on any atom is -0.497 e. The first-order chi connectivity index (χ1) is 28.3. The van der Waals surface area contributed by atoms with Gasteiger partial charge in [0.1, 0.15) is 45.0 Å². The van der Waals surface area contributed by atoms with Crippen molar-refractivity contribution in [3.05, 3.63) is 164 Å². The summed E-state index contributed by atoms with van der Waals surface area (Å²) >= 11 is 0. The lowest BCUT2D eigenvalue weighted by molar-refractivity contribution is 0.103. The molecule has 4 heterocycles. The standard InChI is InChI=1S/C44H30N6O8/c1-55-29-17-13-25(14-18-29)33(51)23-21-31-35-43(49(47-31)27-9-5-3-6-10-27)57-41-37(45-35)39(53)42-38(40(41)54)46-36-32(22-24-34(52)26-15-19-30(56-2)20-16-26)48-50(44(36)58-42)28-11-7-4-8-12-28/h3-24,45-46H,1-2H3/b23-21+,24-22+. The zero-order chi connectivity index (χ0) is 39.9. The lowest BCUT2D eigenvalue weighted by Gasteiger charge is -2.06. The van der Waals surface area contributed by atoms with Gasteiger partial charge in [0.15, 0.2) is 11.6 Å². The highest BCUT2D eigenvalue weighted by molar-refractivity contribution is 6.08. The second kappa shape index (κ2) is 14.4. The van der Waals surface area contributed by atoms with E-state index < -0.39 is 10.9 Å². The van der Waals surface area contributed by atoms with Crippen molar-refractivity contribution in [3.63, 3.8) is 0 Å². The number of aromatic nitrogens is 6. The van der Waals surface area contributed by atoms with Gasteiger partial charge in [-0.2, -0.15) is 19.6 Å². The molecule has 0 aliphatic carbocycles. The first-order valence-corrected chi connectivity index (χ1v) is 17.9. The fourth-order valence-corrected chi connectivity index (χ4v) is 6.52. The van der Waals surface area contributed by atoms with Gasteiger partial charge in [-0.25, -0.2) is 0 Å². The van der Waals surface area contributed by atoms with Gasteiger partial charge in [0, 0.05) is 11.1 Å². The SMILES string of the molecule is COc1ccc(C(=O)/C=C/c2nn(-c3ccccc3)c3oc4c(=O)c5[nH]c6c(/C=C/C(=O)c7ccc(OC)cc7)nn(-c7ccccc7)c6oc5c(=O)c4[nH]c23)cc1. The van der Waals surface area contributed by atoms with Gasteiger partial charge in [0.05, 0.1) is 25.6 Å². The average molecular weight is 771 g/mol. The van der Waals surface area contributed by atoms with Crippen molar-refractivity contribution in [2.45, 2.75) is 0 Å². The molecule has 0 bridgehead atoms. The summed E-state index contributed by atoms with van der Waals surface area (Å²) < 4.78 is 25.9. The van der Waals surface area contributed by atoms with Crippen LogP contribution in [0.3, 0.4) is 0 Å². The lowest BCUT2D eigenvalue weighted by atomic mass is 10.1. The van der Waals surface area contributed by atoms with E-state index in [2.05, 4.69) is 9.97 Å². The van der Waals surface area contributed by atoms with Gasteiger partial charge in [-0.1, -0.05) is 36.4 Å². The van der Waals surface area contributed by atoms with Gasteiger partial charge in [0.25, 0.3) is 10.9 Å². The molecule has 4 aromatic heterocycles. The summed E-state index contributed by atoms with van der Waals surface area (Å²) in [6.07, 6.45) is 5.72. The second-order valence-electron chi connectivity index (χ2n) is 13.0. The number of ketones is 2. The van der Waals surface area contributed by atoms with Crippen LogP contribution in [0, 0.1) is 0 Å². The number of aromatic amines is 2. The maximum atomic E-state index is 14.3. The van der Waals surface area contributed by atoms with Crippen LogP contribution in [0.4, 0.5) is 0 Å². The van der Waals surface area contributed by atoms with E-state index in [1.807, 2.05) is 36.4 Å². The molecule has 284 valence electrons. The molecular formula is C44H30N6O8. The molecule has 0 atom stereocenters. The maximum Gasteiger partial charge on any atom is 0.250 e. The fourth-order valence-electron chi connectivity index (χ4n) is 6.52. The van der Waals surface area contributed by atoms with E-state index in [4.69, 9.17) is 28.5 Å². The van der Waals surface area contributed by atoms with E-state index in [0.717, 1.165) is 0 Å². The van der Waals surface area contributed by atoms with Crippen LogP contribution in [0.2, 0.25) is 0 Å². The van der Waals surface area contributed by atoms with Crippen molar-refractivity contribution >= 4 is 68.4 Å². The van der Waals surface area contributed by atoms with Crippen LogP contribution < -0.4 is 20.3 Å². The quantitative estimate of drug-likeness (QED) is 0.0799. The largest absolute Gasteiger partial charge is 0.497 e. The molecule has 14 heteroatoms. The summed E-state index contributed by atoms with van der Waals surface area (Å²) in [4.78, 5) is 61.1. The molecule has 0 aliphatic rings. The Bertz CT molecular complexity index is 3030. The number of ether oxygens (including phenoxy) is 2. The Labute approximate surface area is 326 Å². The van der Waals surface area contributed by atoms with Crippen molar-refractivity contribution < 1.29 is 27.9 Å². The van der Waals surface area contributed by atoms with Crippen molar-refractivity contribution in [3.8, 4) is 22.9 Å². The Balaban J connectivity index is 1.23. The van der Waals surface area contributed by atoms with Crippen molar-refractivity contribution in [1.29, 1.82) is 0 Å². The number of methoxy groups -OCH3 is 2. The van der Waals surface area contributed by atoms with E-state index in [-0.39, 0.29) is 67.6 Å². The highest BCUT2D eigenvalue weighted by Gasteiger charge is 2.24. The number of carbonyl (C=O) groups is 2. The predicted molar refractivity (Wildman–Crippen MR) is 218 cm³/mol. The topological polar surface area (TPSA) is 180 Å². The van der Waals surface area contributed by atoms with Crippen molar-refractivity contribution in [2.24, 2.45) is 0 Å². The average Bonchev–Trinajstić information content (AvgIpc) is 3.83. The molecule has 0 aliphatic heterocycles. The minimum absolute atomic E-state index is 0.113. The van der Waals surface area contributed by atoms with Gasteiger partial charge < -0.3 is 28.3 Å². The maximum absolute atomic E-state index is 14.3. The first kappa shape index (κ1) is 35.4. The number of nitrogens with zero attached hydrogens (tertiary/aromatic N) is 4. The summed E-state index contributed by atoms with van der Waals surface area (Å²) in [5.41, 5.74) is 0.984. The van der Waals surface area contributed by atoms with Crippen LogP contribution in [-0.4, -0.2) is 55.3 Å².